The highest BCUT2D eigenvalue weighted by Gasteiger charge is 2.34. The van der Waals surface area contributed by atoms with E-state index in [1.807, 2.05) is 0 Å². The Kier molecular flexibility index (Phi) is 4.76. The Hall–Kier alpha value is -1.93. The van der Waals surface area contributed by atoms with Gasteiger partial charge in [0.15, 0.2) is 0 Å². The summed E-state index contributed by atoms with van der Waals surface area (Å²) in [6.07, 6.45) is -4.78. The van der Waals surface area contributed by atoms with E-state index in [9.17, 15) is 21.6 Å². The van der Waals surface area contributed by atoms with Gasteiger partial charge in [-0.15, -0.1) is 0 Å². The van der Waals surface area contributed by atoms with Gasteiger partial charge in [-0.05, 0) is 42.5 Å². The average Bonchev–Trinajstić information content (AvgIpc) is 2.46. The highest BCUT2D eigenvalue weighted by Crippen LogP contribution is 2.36. The summed E-state index contributed by atoms with van der Waals surface area (Å²) >= 11 is 5.45. The van der Waals surface area contributed by atoms with Crippen molar-refractivity contribution in [1.82, 2.24) is 0 Å². The Morgan fingerprint density at radius 3 is 2.09 bits per heavy atom. The van der Waals surface area contributed by atoms with Gasteiger partial charge in [0, 0.05) is 0 Å². The van der Waals surface area contributed by atoms with Crippen LogP contribution in [0.1, 0.15) is 5.56 Å². The first-order valence-electron chi connectivity index (χ1n) is 6.09. The summed E-state index contributed by atoms with van der Waals surface area (Å²) in [6, 6.07) is 7.77. The predicted octanol–water partition coefficient (Wildman–Crippen LogP) is 4.14. The van der Waals surface area contributed by atoms with Crippen LogP contribution in [0.15, 0.2) is 47.4 Å². The largest absolute Gasteiger partial charge is 0.497 e. The molecule has 2 aromatic rings. The SMILES string of the molecule is COc1ccc(OS(=O)(=O)c2ccc(Cl)c(C(F)(F)F)c2)cc1. The maximum Gasteiger partial charge on any atom is 0.417 e. The maximum absolute atomic E-state index is 12.8. The third-order valence-corrected chi connectivity index (χ3v) is 4.37. The van der Waals surface area contributed by atoms with E-state index in [0.29, 0.717) is 11.8 Å². The van der Waals surface area contributed by atoms with Gasteiger partial charge in [-0.25, -0.2) is 0 Å². The summed E-state index contributed by atoms with van der Waals surface area (Å²) < 4.78 is 72.3. The van der Waals surface area contributed by atoms with E-state index in [0.717, 1.165) is 12.1 Å². The number of halogens is 4. The summed E-state index contributed by atoms with van der Waals surface area (Å²) in [5, 5.41) is -0.596. The zero-order valence-corrected chi connectivity index (χ0v) is 13.2. The van der Waals surface area contributed by atoms with E-state index in [1.165, 1.54) is 31.4 Å². The van der Waals surface area contributed by atoms with Crippen molar-refractivity contribution in [3.63, 3.8) is 0 Å². The zero-order valence-electron chi connectivity index (χ0n) is 11.6. The minimum Gasteiger partial charge on any atom is -0.497 e. The summed E-state index contributed by atoms with van der Waals surface area (Å²) in [5.41, 5.74) is -1.25. The Bertz CT molecular complexity index is 802. The van der Waals surface area contributed by atoms with Gasteiger partial charge >= 0.3 is 16.3 Å². The Balaban J connectivity index is 2.35. The lowest BCUT2D eigenvalue weighted by molar-refractivity contribution is -0.137. The molecule has 0 aromatic heterocycles. The fraction of sp³-hybridized carbons (Fsp3) is 0.143. The molecule has 0 aliphatic heterocycles. The van der Waals surface area contributed by atoms with Gasteiger partial charge in [0.2, 0.25) is 0 Å². The first-order valence-corrected chi connectivity index (χ1v) is 7.87. The van der Waals surface area contributed by atoms with E-state index in [1.54, 1.807) is 0 Å². The Morgan fingerprint density at radius 2 is 1.57 bits per heavy atom. The molecule has 0 N–H and O–H groups in total. The molecule has 0 unspecified atom stereocenters. The average molecular weight is 367 g/mol. The fourth-order valence-electron chi connectivity index (χ4n) is 1.68. The van der Waals surface area contributed by atoms with Crippen LogP contribution < -0.4 is 8.92 Å². The number of rotatable bonds is 4. The number of ether oxygens (including phenoxy) is 1. The fourth-order valence-corrected chi connectivity index (χ4v) is 2.87. The molecule has 4 nitrogen and oxygen atoms in total. The number of hydrogen-bond acceptors (Lipinski definition) is 4. The topological polar surface area (TPSA) is 52.6 Å². The van der Waals surface area contributed by atoms with E-state index >= 15 is 0 Å². The molecule has 0 bridgehead atoms. The molecule has 0 spiro atoms. The van der Waals surface area contributed by atoms with Crippen LogP contribution in [0.2, 0.25) is 5.02 Å². The van der Waals surface area contributed by atoms with Crippen LogP contribution in [-0.4, -0.2) is 15.5 Å². The van der Waals surface area contributed by atoms with Crippen LogP contribution in [-0.2, 0) is 16.3 Å². The number of hydrogen-bond donors (Lipinski definition) is 0. The lowest BCUT2D eigenvalue weighted by Crippen LogP contribution is -2.12. The molecule has 0 saturated carbocycles. The summed E-state index contributed by atoms with van der Waals surface area (Å²) in [6.45, 7) is 0. The van der Waals surface area contributed by atoms with E-state index in [-0.39, 0.29) is 5.75 Å². The molecular formula is C14H10ClF3O4S. The van der Waals surface area contributed by atoms with Gasteiger partial charge in [0.25, 0.3) is 0 Å². The van der Waals surface area contributed by atoms with Crippen molar-refractivity contribution in [2.45, 2.75) is 11.1 Å². The molecule has 0 aliphatic carbocycles. The molecule has 0 heterocycles. The van der Waals surface area contributed by atoms with Gasteiger partial charge in [0.05, 0.1) is 17.7 Å². The van der Waals surface area contributed by atoms with Crippen molar-refractivity contribution < 1.29 is 30.5 Å². The zero-order chi connectivity index (χ0) is 17.3. The van der Waals surface area contributed by atoms with Crippen molar-refractivity contribution in [3.05, 3.63) is 53.1 Å². The molecule has 0 aliphatic rings. The minimum atomic E-state index is -4.78. The van der Waals surface area contributed by atoms with Crippen LogP contribution in [0.5, 0.6) is 11.5 Å². The van der Waals surface area contributed by atoms with E-state index < -0.39 is 31.8 Å². The monoisotopic (exact) mass is 366 g/mol. The van der Waals surface area contributed by atoms with Crippen LogP contribution in [0, 0.1) is 0 Å². The smallest absolute Gasteiger partial charge is 0.417 e. The normalized spacial score (nSPS) is 12.0. The summed E-state index contributed by atoms with van der Waals surface area (Å²) in [5.74, 6) is 0.412. The van der Waals surface area contributed by atoms with Crippen LogP contribution in [0.4, 0.5) is 13.2 Å². The first kappa shape index (κ1) is 17.4. The van der Waals surface area contributed by atoms with Gasteiger partial charge < -0.3 is 8.92 Å². The molecule has 0 radical (unpaired) electrons. The lowest BCUT2D eigenvalue weighted by Gasteiger charge is -2.12. The number of methoxy groups -OCH3 is 1. The van der Waals surface area contributed by atoms with E-state index in [2.05, 4.69) is 0 Å². The van der Waals surface area contributed by atoms with Crippen LogP contribution >= 0.6 is 11.6 Å². The third-order valence-electron chi connectivity index (χ3n) is 2.80. The molecule has 0 amide bonds. The molecule has 23 heavy (non-hydrogen) atoms. The highest BCUT2D eigenvalue weighted by atomic mass is 35.5. The second-order valence-corrected chi connectivity index (χ2v) is 6.31. The molecule has 0 fully saturated rings. The molecular weight excluding hydrogens is 357 g/mol. The minimum absolute atomic E-state index is 0.0608. The highest BCUT2D eigenvalue weighted by molar-refractivity contribution is 7.87. The number of benzene rings is 2. The Morgan fingerprint density at radius 1 is 1.00 bits per heavy atom. The molecule has 2 rings (SSSR count). The molecule has 9 heteroatoms. The van der Waals surface area contributed by atoms with Gasteiger partial charge in [-0.3, -0.25) is 0 Å². The molecule has 0 saturated heterocycles. The van der Waals surface area contributed by atoms with Gasteiger partial charge in [-0.1, -0.05) is 11.6 Å². The summed E-state index contributed by atoms with van der Waals surface area (Å²) in [4.78, 5) is -0.648. The van der Waals surface area contributed by atoms with Crippen molar-refractivity contribution in [3.8, 4) is 11.5 Å². The molecule has 124 valence electrons. The maximum atomic E-state index is 12.8. The second kappa shape index (κ2) is 6.29. The number of alkyl halides is 3. The third kappa shape index (κ3) is 4.08. The van der Waals surface area contributed by atoms with Gasteiger partial charge in [0.1, 0.15) is 16.4 Å². The van der Waals surface area contributed by atoms with Crippen LogP contribution in [0.3, 0.4) is 0 Å². The second-order valence-electron chi connectivity index (χ2n) is 4.35. The summed E-state index contributed by atoms with van der Waals surface area (Å²) in [7, 11) is -3.00. The van der Waals surface area contributed by atoms with Crippen molar-refractivity contribution in [1.29, 1.82) is 0 Å². The van der Waals surface area contributed by atoms with Crippen LogP contribution in [0.25, 0.3) is 0 Å². The standard InChI is InChI=1S/C14H10ClF3O4S/c1-21-9-2-4-10(5-3-9)22-23(19,20)11-6-7-13(15)12(8-11)14(16,17)18/h2-8H,1H3. The van der Waals surface area contributed by atoms with Gasteiger partial charge in [-0.2, -0.15) is 21.6 Å². The quantitative estimate of drug-likeness (QED) is 0.763. The molecule has 2 aromatic carbocycles. The predicted molar refractivity (Wildman–Crippen MR) is 77.3 cm³/mol. The van der Waals surface area contributed by atoms with Crippen molar-refractivity contribution >= 4 is 21.7 Å². The van der Waals surface area contributed by atoms with E-state index in [4.69, 9.17) is 20.5 Å². The first-order chi connectivity index (χ1) is 10.6. The molecule has 0 atom stereocenters. The van der Waals surface area contributed by atoms with Crippen molar-refractivity contribution in [2.75, 3.05) is 7.11 Å². The lowest BCUT2D eigenvalue weighted by atomic mass is 10.2. The Labute approximate surface area is 135 Å². The van der Waals surface area contributed by atoms with Crippen molar-refractivity contribution in [2.24, 2.45) is 0 Å².